The first kappa shape index (κ1) is 20.4. The lowest BCUT2D eigenvalue weighted by Gasteiger charge is -2.24. The summed E-state index contributed by atoms with van der Waals surface area (Å²) in [5, 5.41) is 3.05. The average Bonchev–Trinajstić information content (AvgIpc) is 3.33. The number of anilines is 1. The van der Waals surface area contributed by atoms with Crippen LogP contribution in [0, 0.1) is 0 Å². The van der Waals surface area contributed by atoms with Crippen LogP contribution in [0.4, 0.5) is 10.7 Å². The van der Waals surface area contributed by atoms with E-state index in [9.17, 15) is 9.59 Å². The summed E-state index contributed by atoms with van der Waals surface area (Å²) in [6, 6.07) is 1.84. The lowest BCUT2D eigenvalue weighted by atomic mass is 10.2. The molecular formula is C20H32N6O2. The van der Waals surface area contributed by atoms with Gasteiger partial charge in [0, 0.05) is 52.4 Å². The molecule has 8 heteroatoms. The summed E-state index contributed by atoms with van der Waals surface area (Å²) in [6.45, 7) is 2.76. The summed E-state index contributed by atoms with van der Waals surface area (Å²) in [5.74, 6) is 0.556. The van der Waals surface area contributed by atoms with E-state index in [2.05, 4.69) is 26.3 Å². The number of nitrogens with zero attached hydrogens (tertiary/aromatic N) is 4. The summed E-state index contributed by atoms with van der Waals surface area (Å²) >= 11 is 0. The summed E-state index contributed by atoms with van der Waals surface area (Å²) in [7, 11) is 5.72. The third-order valence-electron chi connectivity index (χ3n) is 5.55. The molecule has 2 aliphatic rings. The molecule has 1 fully saturated rings. The van der Waals surface area contributed by atoms with E-state index in [1.807, 2.05) is 26.0 Å². The molecule has 1 aliphatic carbocycles. The lowest BCUT2D eigenvalue weighted by Crippen LogP contribution is -2.41. The van der Waals surface area contributed by atoms with Gasteiger partial charge in [0.2, 0.25) is 5.95 Å². The van der Waals surface area contributed by atoms with E-state index in [4.69, 9.17) is 0 Å². The Morgan fingerprint density at radius 2 is 2.21 bits per heavy atom. The van der Waals surface area contributed by atoms with Gasteiger partial charge in [-0.15, -0.1) is 0 Å². The number of likely N-dealkylation sites (N-methyl/N-ethyl adjacent to an activating group) is 1. The average molecular weight is 389 g/mol. The van der Waals surface area contributed by atoms with Gasteiger partial charge in [0.15, 0.2) is 0 Å². The number of rotatable bonds is 7. The second-order valence-electron chi connectivity index (χ2n) is 7.99. The largest absolute Gasteiger partial charge is 0.348 e. The van der Waals surface area contributed by atoms with E-state index in [0.29, 0.717) is 25.6 Å². The third-order valence-corrected chi connectivity index (χ3v) is 5.55. The molecule has 2 heterocycles. The Bertz CT molecular complexity index is 772. The van der Waals surface area contributed by atoms with Crippen molar-refractivity contribution in [2.24, 2.45) is 0 Å². The molecule has 0 unspecified atom stereocenters. The molecule has 2 amide bonds. The third kappa shape index (κ3) is 5.34. The van der Waals surface area contributed by atoms with E-state index in [-0.39, 0.29) is 17.6 Å². The predicted octanol–water partition coefficient (Wildman–Crippen LogP) is 1.55. The van der Waals surface area contributed by atoms with E-state index in [0.717, 1.165) is 25.1 Å². The molecule has 0 bridgehead atoms. The van der Waals surface area contributed by atoms with E-state index in [1.165, 1.54) is 24.8 Å². The molecule has 0 aromatic carbocycles. The number of hydrogen-bond donors (Lipinski definition) is 2. The minimum absolute atomic E-state index is 0.0265. The number of likely N-dealkylation sites (tertiary alicyclic amines) is 1. The van der Waals surface area contributed by atoms with Crippen LogP contribution in [-0.4, -0.2) is 72.6 Å². The van der Waals surface area contributed by atoms with Gasteiger partial charge in [-0.3, -0.25) is 14.7 Å². The number of allylic oxidation sites excluding steroid dienone is 1. The number of aromatic amines is 1. The van der Waals surface area contributed by atoms with Gasteiger partial charge >= 0.3 is 6.03 Å². The van der Waals surface area contributed by atoms with E-state index >= 15 is 0 Å². The van der Waals surface area contributed by atoms with Crippen LogP contribution in [0.25, 0.3) is 0 Å². The number of amides is 2. The van der Waals surface area contributed by atoms with Gasteiger partial charge in [0.05, 0.1) is 5.69 Å². The monoisotopic (exact) mass is 388 g/mol. The van der Waals surface area contributed by atoms with Crippen molar-refractivity contribution >= 4 is 12.0 Å². The summed E-state index contributed by atoms with van der Waals surface area (Å²) in [5.41, 5.74) is 2.07. The van der Waals surface area contributed by atoms with Crippen molar-refractivity contribution in [2.45, 2.75) is 44.7 Å². The number of aromatic nitrogens is 2. The zero-order chi connectivity index (χ0) is 20.1. The van der Waals surface area contributed by atoms with E-state index in [1.54, 1.807) is 11.0 Å². The first-order valence-electron chi connectivity index (χ1n) is 10.1. The smallest absolute Gasteiger partial charge is 0.317 e. The normalized spacial score (nSPS) is 19.2. The van der Waals surface area contributed by atoms with E-state index < -0.39 is 0 Å². The molecule has 8 nitrogen and oxygen atoms in total. The second-order valence-corrected chi connectivity index (χ2v) is 7.99. The molecule has 28 heavy (non-hydrogen) atoms. The highest BCUT2D eigenvalue weighted by molar-refractivity contribution is 5.74. The van der Waals surface area contributed by atoms with Crippen LogP contribution in [-0.2, 0) is 6.54 Å². The summed E-state index contributed by atoms with van der Waals surface area (Å²) < 4.78 is 0. The van der Waals surface area contributed by atoms with Crippen molar-refractivity contribution in [1.82, 2.24) is 25.1 Å². The molecule has 0 saturated carbocycles. The van der Waals surface area contributed by atoms with Crippen molar-refractivity contribution in [3.05, 3.63) is 33.8 Å². The van der Waals surface area contributed by atoms with Gasteiger partial charge in [-0.05, 0) is 39.2 Å². The number of hydrogen-bond acceptors (Lipinski definition) is 5. The molecule has 1 atom stereocenters. The van der Waals surface area contributed by atoms with Crippen LogP contribution in [0.1, 0.15) is 37.8 Å². The zero-order valence-corrected chi connectivity index (χ0v) is 17.2. The first-order chi connectivity index (χ1) is 13.4. The van der Waals surface area contributed by atoms with Gasteiger partial charge in [0.25, 0.3) is 5.56 Å². The highest BCUT2D eigenvalue weighted by atomic mass is 16.2. The fraction of sp³-hybridized carbons (Fsp3) is 0.650. The second kappa shape index (κ2) is 9.23. The number of nitrogens with one attached hydrogen (secondary N) is 2. The molecule has 0 spiro atoms. The topological polar surface area (TPSA) is 84.6 Å². The lowest BCUT2D eigenvalue weighted by molar-refractivity contribution is 0.197. The van der Waals surface area contributed by atoms with Crippen molar-refractivity contribution in [1.29, 1.82) is 0 Å². The molecular weight excluding hydrogens is 356 g/mol. The standard InChI is InChI=1S/C20H32N6O2/c1-24(2)19-22-16(12-18(27)23-19)13-25(3)17-9-11-26(14-17)20(28)21-10-8-15-6-4-5-7-15/h6,12,17H,4-5,7-11,13-14H2,1-3H3,(H,21,28)(H,22,23,27)/t17-/m0/s1. The van der Waals surface area contributed by atoms with Crippen LogP contribution in [0.2, 0.25) is 0 Å². The molecule has 1 aromatic heterocycles. The molecule has 154 valence electrons. The quantitative estimate of drug-likeness (QED) is 0.693. The van der Waals surface area contributed by atoms with Gasteiger partial charge in [-0.25, -0.2) is 9.78 Å². The molecule has 3 rings (SSSR count). The number of carbonyl (C=O) groups excluding carboxylic acids is 1. The minimum Gasteiger partial charge on any atom is -0.348 e. The summed E-state index contributed by atoms with van der Waals surface area (Å²) in [6.07, 6.45) is 7.81. The Morgan fingerprint density at radius 3 is 2.93 bits per heavy atom. The molecule has 2 N–H and O–H groups in total. The van der Waals surface area contributed by atoms with Crippen LogP contribution < -0.4 is 15.8 Å². The maximum atomic E-state index is 12.4. The van der Waals surface area contributed by atoms with Crippen LogP contribution in [0.15, 0.2) is 22.5 Å². The minimum atomic E-state index is -0.146. The maximum Gasteiger partial charge on any atom is 0.317 e. The number of carbonyl (C=O) groups is 1. The Hall–Kier alpha value is -2.35. The SMILES string of the molecule is CN(C)c1nc(CN(C)[C@H]2CCN(C(=O)NCCC3=CCCC3)C2)cc(=O)[nH]1. The van der Waals surface area contributed by atoms with Crippen molar-refractivity contribution < 1.29 is 4.79 Å². The highest BCUT2D eigenvalue weighted by Gasteiger charge is 2.29. The van der Waals surface area contributed by atoms with Gasteiger partial charge in [0.1, 0.15) is 0 Å². The van der Waals surface area contributed by atoms with Crippen LogP contribution >= 0.6 is 0 Å². The van der Waals surface area contributed by atoms with Crippen LogP contribution in [0.5, 0.6) is 0 Å². The van der Waals surface area contributed by atoms with Crippen molar-refractivity contribution in [2.75, 3.05) is 45.7 Å². The maximum absolute atomic E-state index is 12.4. The molecule has 1 aliphatic heterocycles. The first-order valence-corrected chi connectivity index (χ1v) is 10.1. The Balaban J connectivity index is 1.47. The molecule has 0 radical (unpaired) electrons. The molecule has 1 aromatic rings. The number of urea groups is 1. The molecule has 1 saturated heterocycles. The highest BCUT2D eigenvalue weighted by Crippen LogP contribution is 2.20. The Kier molecular flexibility index (Phi) is 6.72. The van der Waals surface area contributed by atoms with Crippen molar-refractivity contribution in [3.63, 3.8) is 0 Å². The zero-order valence-electron chi connectivity index (χ0n) is 17.2. The van der Waals surface area contributed by atoms with Crippen LogP contribution in [0.3, 0.4) is 0 Å². The summed E-state index contributed by atoms with van der Waals surface area (Å²) in [4.78, 5) is 37.4. The Labute approximate surface area is 166 Å². The predicted molar refractivity (Wildman–Crippen MR) is 111 cm³/mol. The fourth-order valence-electron chi connectivity index (χ4n) is 3.86. The van der Waals surface area contributed by atoms with Gasteiger partial charge in [-0.1, -0.05) is 11.6 Å². The van der Waals surface area contributed by atoms with Gasteiger partial charge in [-0.2, -0.15) is 0 Å². The van der Waals surface area contributed by atoms with Crippen molar-refractivity contribution in [3.8, 4) is 0 Å². The Morgan fingerprint density at radius 1 is 1.39 bits per heavy atom. The fourth-order valence-corrected chi connectivity index (χ4v) is 3.86. The number of H-pyrrole nitrogens is 1. The van der Waals surface area contributed by atoms with Gasteiger partial charge < -0.3 is 15.1 Å².